The van der Waals surface area contributed by atoms with Gasteiger partial charge in [-0.15, -0.1) is 0 Å². The molecule has 96 valence electrons. The number of ether oxygens (including phenoxy) is 1. The second-order valence-electron chi connectivity index (χ2n) is 3.57. The van der Waals surface area contributed by atoms with Crippen molar-refractivity contribution in [3.63, 3.8) is 0 Å². The average molecular weight is 278 g/mol. The van der Waals surface area contributed by atoms with Gasteiger partial charge in [-0.2, -0.15) is 12.0 Å². The molecule has 0 saturated carbocycles. The maximum Gasteiger partial charge on any atom is 0.408 e. The van der Waals surface area contributed by atoms with E-state index in [4.69, 9.17) is 9.29 Å². The summed E-state index contributed by atoms with van der Waals surface area (Å²) in [5.74, 6) is 1.08. The second-order valence-corrected chi connectivity index (χ2v) is 5.49. The molecule has 7 heteroatoms. The van der Waals surface area contributed by atoms with Crippen LogP contribution in [-0.4, -0.2) is 19.1 Å². The zero-order valence-electron chi connectivity index (χ0n) is 9.49. The van der Waals surface area contributed by atoms with E-state index < -0.39 is 10.4 Å². The van der Waals surface area contributed by atoms with Crippen LogP contribution in [0.15, 0.2) is 24.3 Å². The minimum absolute atomic E-state index is 0.109. The Morgan fingerprint density at radius 2 is 1.88 bits per heavy atom. The van der Waals surface area contributed by atoms with Gasteiger partial charge in [-0.25, -0.2) is 0 Å². The van der Waals surface area contributed by atoms with Gasteiger partial charge in [0.05, 0.1) is 6.10 Å². The fourth-order valence-corrected chi connectivity index (χ4v) is 2.10. The predicted molar refractivity (Wildman–Crippen MR) is 66.1 cm³/mol. The Kier molecular flexibility index (Phi) is 5.26. The lowest BCUT2D eigenvalue weighted by molar-refractivity contribution is 0.242. The van der Waals surface area contributed by atoms with E-state index in [0.29, 0.717) is 17.8 Å². The molecule has 0 aliphatic rings. The highest BCUT2D eigenvalue weighted by Crippen LogP contribution is 2.19. The number of rotatable bonds is 6. The van der Waals surface area contributed by atoms with Crippen LogP contribution in [0.3, 0.4) is 0 Å². The monoisotopic (exact) mass is 278 g/mol. The molecular weight excluding hydrogens is 264 g/mol. The van der Waals surface area contributed by atoms with Gasteiger partial charge in [0.1, 0.15) is 5.75 Å². The van der Waals surface area contributed by atoms with E-state index in [9.17, 15) is 8.42 Å². The average Bonchev–Trinajstić information content (AvgIpc) is 2.18. The summed E-state index contributed by atoms with van der Waals surface area (Å²) in [5.41, 5.74) is 0.870. The van der Waals surface area contributed by atoms with E-state index in [1.165, 1.54) is 0 Å². The van der Waals surface area contributed by atoms with Gasteiger partial charge in [-0.3, -0.25) is 4.55 Å². The molecule has 0 atom stereocenters. The molecule has 1 N–H and O–H groups in total. The van der Waals surface area contributed by atoms with Crippen molar-refractivity contribution in [2.24, 2.45) is 0 Å². The largest absolute Gasteiger partial charge is 0.491 e. The Hall–Kier alpha value is -0.760. The molecule has 0 aromatic heterocycles. The van der Waals surface area contributed by atoms with Gasteiger partial charge in [0.25, 0.3) is 0 Å². The molecule has 0 aliphatic carbocycles. The quantitative estimate of drug-likeness (QED) is 0.636. The van der Waals surface area contributed by atoms with E-state index in [2.05, 4.69) is 3.63 Å². The number of hydrogen-bond acceptors (Lipinski definition) is 5. The van der Waals surface area contributed by atoms with Crippen molar-refractivity contribution in [1.82, 2.24) is 0 Å². The van der Waals surface area contributed by atoms with Gasteiger partial charge in [-0.1, -0.05) is 12.1 Å². The van der Waals surface area contributed by atoms with Crippen LogP contribution in [-0.2, 0) is 19.8 Å². The van der Waals surface area contributed by atoms with E-state index in [1.54, 1.807) is 24.3 Å². The van der Waals surface area contributed by atoms with Crippen molar-refractivity contribution in [1.29, 1.82) is 0 Å². The Morgan fingerprint density at radius 1 is 1.29 bits per heavy atom. The first-order valence-electron chi connectivity index (χ1n) is 4.91. The van der Waals surface area contributed by atoms with Crippen molar-refractivity contribution in [2.45, 2.75) is 25.7 Å². The van der Waals surface area contributed by atoms with E-state index >= 15 is 0 Å². The molecule has 17 heavy (non-hydrogen) atoms. The Balaban J connectivity index is 2.46. The van der Waals surface area contributed by atoms with Gasteiger partial charge in [0.2, 0.25) is 0 Å². The topological polar surface area (TPSA) is 72.8 Å². The third kappa shape index (κ3) is 6.52. The number of hydrogen-bond donors (Lipinski definition) is 1. The summed E-state index contributed by atoms with van der Waals surface area (Å²) in [6.45, 7) is 3.87. The van der Waals surface area contributed by atoms with Crippen LogP contribution in [0.2, 0.25) is 0 Å². The molecule has 0 heterocycles. The summed E-state index contributed by atoms with van der Waals surface area (Å²) in [7, 11) is -4.38. The normalized spacial score (nSPS) is 11.8. The Labute approximate surface area is 105 Å². The maximum absolute atomic E-state index is 10.3. The van der Waals surface area contributed by atoms with Gasteiger partial charge in [-0.05, 0) is 31.5 Å². The summed E-state index contributed by atoms with van der Waals surface area (Å²) >= 11 is 0.654. The third-order valence-corrected chi connectivity index (χ3v) is 3.18. The van der Waals surface area contributed by atoms with Gasteiger partial charge < -0.3 is 4.74 Å². The van der Waals surface area contributed by atoms with Gasteiger partial charge in [0, 0.05) is 17.8 Å². The summed E-state index contributed by atoms with van der Waals surface area (Å²) in [4.78, 5) is 0. The molecule has 1 aromatic carbocycles. The van der Waals surface area contributed by atoms with Crippen LogP contribution in [0, 0.1) is 0 Å². The van der Waals surface area contributed by atoms with Gasteiger partial charge >= 0.3 is 10.4 Å². The summed E-state index contributed by atoms with van der Waals surface area (Å²) in [5, 5.41) is 0. The minimum Gasteiger partial charge on any atom is -0.491 e. The van der Waals surface area contributed by atoms with E-state index in [0.717, 1.165) is 11.3 Å². The van der Waals surface area contributed by atoms with E-state index in [1.807, 2.05) is 13.8 Å². The Bertz CT molecular complexity index is 438. The Morgan fingerprint density at radius 3 is 2.35 bits per heavy atom. The lowest BCUT2D eigenvalue weighted by atomic mass is 10.2. The zero-order chi connectivity index (χ0) is 12.9. The zero-order valence-corrected chi connectivity index (χ0v) is 11.1. The highest BCUT2D eigenvalue weighted by molar-refractivity contribution is 8.02. The number of benzene rings is 1. The molecule has 0 amide bonds. The predicted octanol–water partition coefficient (Wildman–Crippen LogP) is 2.44. The standard InChI is InChI=1S/C10H14O5S2/c1-8(2)14-10-5-3-9(4-6-10)7-16-15-17(11,12)13/h3-6,8H,7H2,1-2H3,(H,11,12,13). The molecule has 0 radical (unpaired) electrons. The molecule has 1 aromatic rings. The van der Waals surface area contributed by atoms with Crippen LogP contribution < -0.4 is 4.74 Å². The summed E-state index contributed by atoms with van der Waals surface area (Å²) < 4.78 is 38.5. The van der Waals surface area contributed by atoms with Gasteiger partial charge in [0.15, 0.2) is 0 Å². The molecule has 0 aliphatic heterocycles. The third-order valence-electron chi connectivity index (χ3n) is 1.65. The smallest absolute Gasteiger partial charge is 0.408 e. The molecule has 0 saturated heterocycles. The van der Waals surface area contributed by atoms with Crippen LogP contribution in [0.4, 0.5) is 0 Å². The maximum atomic E-state index is 10.3. The first kappa shape index (κ1) is 14.3. The van der Waals surface area contributed by atoms with Crippen molar-refractivity contribution in [3.05, 3.63) is 29.8 Å². The van der Waals surface area contributed by atoms with Crippen LogP contribution >= 0.6 is 12.0 Å². The van der Waals surface area contributed by atoms with Crippen molar-refractivity contribution in [2.75, 3.05) is 0 Å². The van der Waals surface area contributed by atoms with Crippen LogP contribution in [0.5, 0.6) is 5.75 Å². The summed E-state index contributed by atoms with van der Waals surface area (Å²) in [6, 6.07) is 7.20. The molecule has 5 nitrogen and oxygen atoms in total. The van der Waals surface area contributed by atoms with Crippen LogP contribution in [0.1, 0.15) is 19.4 Å². The van der Waals surface area contributed by atoms with Crippen LogP contribution in [0.25, 0.3) is 0 Å². The summed E-state index contributed by atoms with van der Waals surface area (Å²) in [6.07, 6.45) is 0.109. The highest BCUT2D eigenvalue weighted by Gasteiger charge is 2.05. The highest BCUT2D eigenvalue weighted by atomic mass is 32.3. The minimum atomic E-state index is -4.38. The first-order chi connectivity index (χ1) is 7.87. The molecular formula is C10H14O5S2. The van der Waals surface area contributed by atoms with Crippen molar-refractivity contribution < 1.29 is 21.3 Å². The molecule has 0 unspecified atom stereocenters. The lowest BCUT2D eigenvalue weighted by Gasteiger charge is -2.09. The van der Waals surface area contributed by atoms with Crippen molar-refractivity contribution >= 4 is 22.4 Å². The molecule has 0 bridgehead atoms. The fraction of sp³-hybridized carbons (Fsp3) is 0.400. The fourth-order valence-electron chi connectivity index (χ4n) is 1.09. The second kappa shape index (κ2) is 6.25. The SMILES string of the molecule is CC(C)Oc1ccc(CSOS(=O)(=O)O)cc1. The molecule has 1 rings (SSSR count). The molecule has 0 fully saturated rings. The van der Waals surface area contributed by atoms with Crippen molar-refractivity contribution in [3.8, 4) is 5.75 Å². The van der Waals surface area contributed by atoms with E-state index in [-0.39, 0.29) is 6.10 Å². The first-order valence-corrected chi connectivity index (χ1v) is 7.18. The molecule has 0 spiro atoms. The lowest BCUT2D eigenvalue weighted by Crippen LogP contribution is -2.05.